The first-order chi connectivity index (χ1) is 11.1. The van der Waals surface area contributed by atoms with Crippen LogP contribution in [0, 0.1) is 0 Å². The molecule has 0 aliphatic heterocycles. The van der Waals surface area contributed by atoms with Gasteiger partial charge in [0.2, 0.25) is 5.78 Å². The van der Waals surface area contributed by atoms with Crippen LogP contribution in [0.3, 0.4) is 0 Å². The van der Waals surface area contributed by atoms with Crippen LogP contribution in [0.4, 0.5) is 0 Å². The Labute approximate surface area is 137 Å². The van der Waals surface area contributed by atoms with Crippen molar-refractivity contribution in [2.75, 3.05) is 0 Å². The van der Waals surface area contributed by atoms with E-state index in [1.54, 1.807) is 6.92 Å². The van der Waals surface area contributed by atoms with Crippen molar-refractivity contribution in [2.45, 2.75) is 37.4 Å². The zero-order valence-electron chi connectivity index (χ0n) is 12.9. The predicted octanol–water partition coefficient (Wildman–Crippen LogP) is 0.260. The second-order valence-electron chi connectivity index (χ2n) is 5.25. The number of Topliss-reactive ketones (excluding diaryl/α,β-unsaturated/α-hetero) is 2. The molecule has 2 unspecified atom stereocenters. The van der Waals surface area contributed by atoms with E-state index in [4.69, 9.17) is 0 Å². The van der Waals surface area contributed by atoms with Crippen molar-refractivity contribution in [3.05, 3.63) is 35.9 Å². The molecule has 0 bridgehead atoms. The highest BCUT2D eigenvalue weighted by Gasteiger charge is 2.69. The van der Waals surface area contributed by atoms with Crippen LogP contribution in [0.1, 0.15) is 36.5 Å². The summed E-state index contributed by atoms with van der Waals surface area (Å²) < 4.78 is 0. The highest BCUT2D eigenvalue weighted by atomic mass is 16.5. The maximum Gasteiger partial charge on any atom is 0.348 e. The van der Waals surface area contributed by atoms with Gasteiger partial charge in [-0.05, 0) is 6.42 Å². The van der Waals surface area contributed by atoms with Crippen molar-refractivity contribution in [2.24, 2.45) is 0 Å². The molecule has 24 heavy (non-hydrogen) atoms. The van der Waals surface area contributed by atoms with E-state index >= 15 is 0 Å². The Kier molecular flexibility index (Phi) is 5.94. The zero-order valence-corrected chi connectivity index (χ0v) is 12.9. The lowest BCUT2D eigenvalue weighted by Crippen LogP contribution is -2.71. The second-order valence-corrected chi connectivity index (χ2v) is 5.25. The smallest absolute Gasteiger partial charge is 0.348 e. The third-order valence-electron chi connectivity index (χ3n) is 3.67. The number of carbonyl (C=O) groups is 4. The molecular formula is C16H18O8. The van der Waals surface area contributed by atoms with Crippen LogP contribution in [0.5, 0.6) is 0 Å². The Morgan fingerprint density at radius 2 is 1.42 bits per heavy atom. The maximum absolute atomic E-state index is 12.4. The average Bonchev–Trinajstić information content (AvgIpc) is 2.57. The summed E-state index contributed by atoms with van der Waals surface area (Å²) in [5.41, 5.74) is -8.02. The first-order valence-electron chi connectivity index (χ1n) is 7.18. The average molecular weight is 338 g/mol. The van der Waals surface area contributed by atoms with Crippen molar-refractivity contribution >= 4 is 23.5 Å². The molecule has 1 aromatic rings. The van der Waals surface area contributed by atoms with Gasteiger partial charge >= 0.3 is 11.9 Å². The van der Waals surface area contributed by atoms with E-state index in [1.165, 1.54) is 18.2 Å². The number of unbranched alkanes of at least 4 members (excludes halogenated alkanes) is 1. The minimum atomic E-state index is -3.86. The van der Waals surface area contributed by atoms with Gasteiger partial charge in [0.05, 0.1) is 0 Å². The van der Waals surface area contributed by atoms with Crippen molar-refractivity contribution in [1.29, 1.82) is 0 Å². The van der Waals surface area contributed by atoms with Gasteiger partial charge in [0, 0.05) is 12.0 Å². The molecule has 4 N–H and O–H groups in total. The lowest BCUT2D eigenvalue weighted by molar-refractivity contribution is -0.198. The quantitative estimate of drug-likeness (QED) is 0.370. The molecule has 8 heteroatoms. The number of carbonyl (C=O) groups excluding carboxylic acids is 2. The summed E-state index contributed by atoms with van der Waals surface area (Å²) in [5.74, 6) is -7.68. The van der Waals surface area contributed by atoms with E-state index in [-0.39, 0.29) is 12.0 Å². The number of carboxylic acids is 2. The normalized spacial score (nSPS) is 15.8. The van der Waals surface area contributed by atoms with Crippen molar-refractivity contribution in [1.82, 2.24) is 0 Å². The molecule has 8 nitrogen and oxygen atoms in total. The molecule has 0 heterocycles. The van der Waals surface area contributed by atoms with E-state index < -0.39 is 41.1 Å². The third-order valence-corrected chi connectivity index (χ3v) is 3.67. The van der Waals surface area contributed by atoms with Crippen molar-refractivity contribution in [3.8, 4) is 0 Å². The van der Waals surface area contributed by atoms with E-state index in [1.807, 2.05) is 0 Å². The number of benzene rings is 1. The fourth-order valence-electron chi connectivity index (χ4n) is 2.21. The molecule has 0 saturated heterocycles. The topological polar surface area (TPSA) is 149 Å². The van der Waals surface area contributed by atoms with Gasteiger partial charge in [-0.15, -0.1) is 0 Å². The molecule has 0 amide bonds. The number of rotatable bonds is 9. The van der Waals surface area contributed by atoms with Gasteiger partial charge in [0.1, 0.15) is 0 Å². The van der Waals surface area contributed by atoms with Gasteiger partial charge in [-0.2, -0.15) is 0 Å². The molecule has 0 aliphatic carbocycles. The molecule has 0 saturated carbocycles. The molecule has 0 spiro atoms. The van der Waals surface area contributed by atoms with Crippen LogP contribution in [-0.4, -0.2) is 55.1 Å². The SMILES string of the molecule is CCCCC(=O)C(O)(C(=O)O)C(O)(C(=O)O)C(=O)c1ccccc1. The van der Waals surface area contributed by atoms with E-state index in [0.29, 0.717) is 6.42 Å². The molecule has 0 fully saturated rings. The van der Waals surface area contributed by atoms with Crippen LogP contribution >= 0.6 is 0 Å². The van der Waals surface area contributed by atoms with Crippen LogP contribution in [0.2, 0.25) is 0 Å². The van der Waals surface area contributed by atoms with Crippen molar-refractivity contribution < 1.29 is 39.6 Å². The van der Waals surface area contributed by atoms with Gasteiger partial charge < -0.3 is 20.4 Å². The zero-order chi connectivity index (χ0) is 18.5. The Morgan fingerprint density at radius 3 is 1.83 bits per heavy atom. The summed E-state index contributed by atoms with van der Waals surface area (Å²) in [4.78, 5) is 47.6. The molecule has 0 aliphatic rings. The summed E-state index contributed by atoms with van der Waals surface area (Å²) in [6.45, 7) is 1.69. The van der Waals surface area contributed by atoms with Gasteiger partial charge in [0.25, 0.3) is 11.2 Å². The Hall–Kier alpha value is -2.58. The van der Waals surface area contributed by atoms with Crippen LogP contribution < -0.4 is 0 Å². The number of hydrogen-bond acceptors (Lipinski definition) is 6. The maximum atomic E-state index is 12.4. The number of hydrogen-bond donors (Lipinski definition) is 4. The lowest BCUT2D eigenvalue weighted by atomic mass is 9.73. The molecular weight excluding hydrogens is 320 g/mol. The van der Waals surface area contributed by atoms with Gasteiger partial charge in [0.15, 0.2) is 5.78 Å². The minimum Gasteiger partial charge on any atom is -0.479 e. The van der Waals surface area contributed by atoms with Gasteiger partial charge in [-0.3, -0.25) is 9.59 Å². The fraction of sp³-hybridized carbons (Fsp3) is 0.375. The van der Waals surface area contributed by atoms with E-state index in [2.05, 4.69) is 0 Å². The molecule has 130 valence electrons. The summed E-state index contributed by atoms with van der Waals surface area (Å²) >= 11 is 0. The third kappa shape index (κ3) is 3.06. The lowest BCUT2D eigenvalue weighted by Gasteiger charge is -2.34. The Bertz CT molecular complexity index is 653. The first kappa shape index (κ1) is 19.5. The predicted molar refractivity (Wildman–Crippen MR) is 80.5 cm³/mol. The van der Waals surface area contributed by atoms with Gasteiger partial charge in [-0.25, -0.2) is 9.59 Å². The number of carboxylic acid groups (broad SMARTS) is 2. The Balaban J connectivity index is 3.52. The molecule has 0 aromatic heterocycles. The second kappa shape index (κ2) is 7.33. The first-order valence-corrected chi connectivity index (χ1v) is 7.18. The largest absolute Gasteiger partial charge is 0.479 e. The van der Waals surface area contributed by atoms with E-state index in [0.717, 1.165) is 12.1 Å². The highest BCUT2D eigenvalue weighted by Crippen LogP contribution is 2.30. The van der Waals surface area contributed by atoms with Crippen LogP contribution in [0.25, 0.3) is 0 Å². The monoisotopic (exact) mass is 338 g/mol. The standard InChI is InChI=1S/C16H18O8/c1-2-3-9-11(17)15(23,13(19)20)16(24,14(21)22)12(18)10-7-5-4-6-8-10/h4-8,23-24H,2-3,9H2,1H3,(H,19,20)(H,21,22). The minimum absolute atomic E-state index is 0.156. The fourth-order valence-corrected chi connectivity index (χ4v) is 2.21. The summed E-state index contributed by atoms with van der Waals surface area (Å²) in [5, 5.41) is 39.2. The number of ketones is 2. The van der Waals surface area contributed by atoms with Crippen molar-refractivity contribution in [3.63, 3.8) is 0 Å². The summed E-state index contributed by atoms with van der Waals surface area (Å²) in [6.07, 6.45) is 0.111. The Morgan fingerprint density at radius 1 is 0.917 bits per heavy atom. The summed E-state index contributed by atoms with van der Waals surface area (Å²) in [7, 11) is 0. The molecule has 2 atom stereocenters. The van der Waals surface area contributed by atoms with Crippen LogP contribution in [-0.2, 0) is 14.4 Å². The molecule has 1 rings (SSSR count). The molecule has 0 radical (unpaired) electrons. The summed E-state index contributed by atoms with van der Waals surface area (Å²) in [6, 6.07) is 6.49. The molecule has 1 aromatic carbocycles. The number of aliphatic hydroxyl groups is 2. The number of aliphatic carboxylic acids is 2. The van der Waals surface area contributed by atoms with Crippen LogP contribution in [0.15, 0.2) is 30.3 Å². The highest BCUT2D eigenvalue weighted by molar-refractivity contribution is 6.25. The van der Waals surface area contributed by atoms with E-state index in [9.17, 15) is 39.6 Å². The van der Waals surface area contributed by atoms with Gasteiger partial charge in [-0.1, -0.05) is 43.7 Å².